The summed E-state index contributed by atoms with van der Waals surface area (Å²) in [5, 5.41) is 25.8. The predicted octanol–water partition coefficient (Wildman–Crippen LogP) is 3.42. The van der Waals surface area contributed by atoms with Crippen molar-refractivity contribution in [3.05, 3.63) is 40.9 Å². The number of benzene rings is 1. The summed E-state index contributed by atoms with van der Waals surface area (Å²) in [5.74, 6) is -0.864. The van der Waals surface area contributed by atoms with Crippen molar-refractivity contribution < 1.29 is 9.90 Å². The van der Waals surface area contributed by atoms with Gasteiger partial charge in [-0.25, -0.2) is 0 Å². The fourth-order valence-electron chi connectivity index (χ4n) is 2.74. The van der Waals surface area contributed by atoms with E-state index in [-0.39, 0.29) is 6.04 Å². The molecule has 5 nitrogen and oxygen atoms in total. The van der Waals surface area contributed by atoms with Crippen LogP contribution in [0.2, 0.25) is 0 Å². The second kappa shape index (κ2) is 5.18. The van der Waals surface area contributed by atoms with Gasteiger partial charge in [-0.15, -0.1) is 11.8 Å². The Kier molecular flexibility index (Phi) is 3.45. The maximum Gasteiger partial charge on any atom is 0.325 e. The third-order valence-corrected chi connectivity index (χ3v) is 5.19. The number of hydrogen-bond donors (Lipinski definition) is 1. The molecule has 3 rings (SSSR count). The van der Waals surface area contributed by atoms with E-state index >= 15 is 0 Å². The summed E-state index contributed by atoms with van der Waals surface area (Å²) >= 11 is 1.30. The molecule has 0 radical (unpaired) electrons. The molecule has 1 N–H and O–H groups in total. The van der Waals surface area contributed by atoms with Gasteiger partial charge in [-0.1, -0.05) is 12.1 Å². The van der Waals surface area contributed by atoms with E-state index in [0.717, 1.165) is 5.52 Å². The van der Waals surface area contributed by atoms with Gasteiger partial charge in [0.1, 0.15) is 10.8 Å². The fourth-order valence-corrected chi connectivity index (χ4v) is 3.72. The lowest BCUT2D eigenvalue weighted by Crippen LogP contribution is -2.29. The minimum atomic E-state index is -0.999. The summed E-state index contributed by atoms with van der Waals surface area (Å²) in [6, 6.07) is 7.73. The minimum Gasteiger partial charge on any atom is -0.480 e. The number of aliphatic carboxylic acids is 1. The first-order chi connectivity index (χ1) is 10.5. The second-order valence-corrected chi connectivity index (χ2v) is 6.76. The third-order valence-electron chi connectivity index (χ3n) is 3.88. The summed E-state index contributed by atoms with van der Waals surface area (Å²) in [5.41, 5.74) is 1.89. The van der Waals surface area contributed by atoms with Crippen molar-refractivity contribution in [3.8, 4) is 6.07 Å². The zero-order chi connectivity index (χ0) is 15.9. The molecule has 1 aromatic heterocycles. The van der Waals surface area contributed by atoms with Gasteiger partial charge in [-0.3, -0.25) is 9.48 Å². The molecule has 0 saturated carbocycles. The zero-order valence-corrected chi connectivity index (χ0v) is 13.1. The number of nitrogens with zero attached hydrogens (tertiary/aromatic N) is 3. The number of carbonyl (C=O) groups is 1. The van der Waals surface area contributed by atoms with E-state index in [1.54, 1.807) is 10.7 Å². The number of fused-ring (bicyclic) bond motifs is 1. The predicted molar refractivity (Wildman–Crippen MR) is 85.5 cm³/mol. The van der Waals surface area contributed by atoms with Crippen molar-refractivity contribution in [2.45, 2.75) is 31.1 Å². The Morgan fingerprint density at radius 3 is 2.86 bits per heavy atom. The lowest BCUT2D eigenvalue weighted by atomic mass is 9.93. The van der Waals surface area contributed by atoms with Crippen molar-refractivity contribution >= 4 is 28.6 Å². The zero-order valence-electron chi connectivity index (χ0n) is 12.3. The molecule has 0 fully saturated rings. The van der Waals surface area contributed by atoms with E-state index < -0.39 is 10.7 Å². The summed E-state index contributed by atoms with van der Waals surface area (Å²) in [7, 11) is 0. The molecule has 1 aliphatic heterocycles. The number of thioether (sulfide) groups is 1. The highest BCUT2D eigenvalue weighted by atomic mass is 32.2. The molecule has 1 unspecified atom stereocenters. The van der Waals surface area contributed by atoms with Crippen LogP contribution < -0.4 is 0 Å². The van der Waals surface area contributed by atoms with E-state index in [0.29, 0.717) is 23.1 Å². The van der Waals surface area contributed by atoms with E-state index in [2.05, 4.69) is 11.2 Å². The summed E-state index contributed by atoms with van der Waals surface area (Å²) < 4.78 is 0.798. The molecule has 0 bridgehead atoms. The van der Waals surface area contributed by atoms with Crippen LogP contribution in [-0.4, -0.2) is 20.9 Å². The number of allylic oxidation sites excluding steroid dienone is 1. The Balaban J connectivity index is 2.22. The number of carboxylic acid groups (broad SMARTS) is 1. The highest BCUT2D eigenvalue weighted by molar-refractivity contribution is 8.04. The quantitative estimate of drug-likeness (QED) is 0.939. The average molecular weight is 313 g/mol. The molecule has 6 heteroatoms. The van der Waals surface area contributed by atoms with Gasteiger partial charge in [-0.2, -0.15) is 10.4 Å². The van der Waals surface area contributed by atoms with E-state index in [9.17, 15) is 15.2 Å². The maximum absolute atomic E-state index is 11.8. The van der Waals surface area contributed by atoms with E-state index in [1.165, 1.54) is 11.8 Å². The summed E-state index contributed by atoms with van der Waals surface area (Å²) in [6.45, 7) is 3.99. The van der Waals surface area contributed by atoms with Crippen molar-refractivity contribution in [2.24, 2.45) is 0 Å². The monoisotopic (exact) mass is 313 g/mol. The number of carboxylic acids is 1. The van der Waals surface area contributed by atoms with Gasteiger partial charge in [0.05, 0.1) is 5.52 Å². The molecular weight excluding hydrogens is 298 g/mol. The first-order valence-electron chi connectivity index (χ1n) is 6.98. The summed E-state index contributed by atoms with van der Waals surface area (Å²) in [4.78, 5) is 11.8. The van der Waals surface area contributed by atoms with Crippen LogP contribution in [0.3, 0.4) is 0 Å². The highest BCUT2D eigenvalue weighted by Crippen LogP contribution is 2.46. The largest absolute Gasteiger partial charge is 0.480 e. The Hall–Kier alpha value is -2.26. The number of rotatable bonds is 3. The molecule has 0 spiro atoms. The SMILES string of the molecule is CC(C)n1nc(C#N)c2cc(C3(C(=O)O)CC=CS3)ccc21. The van der Waals surface area contributed by atoms with Crippen LogP contribution >= 0.6 is 11.8 Å². The molecule has 2 aromatic rings. The topological polar surface area (TPSA) is 78.9 Å². The second-order valence-electron chi connectivity index (χ2n) is 5.56. The summed E-state index contributed by atoms with van der Waals surface area (Å²) in [6.07, 6.45) is 2.31. The molecule has 1 aromatic carbocycles. The van der Waals surface area contributed by atoms with Crippen molar-refractivity contribution in [2.75, 3.05) is 0 Å². The van der Waals surface area contributed by atoms with Crippen molar-refractivity contribution in [3.63, 3.8) is 0 Å². The number of aromatic nitrogens is 2. The van der Waals surface area contributed by atoms with Crippen LogP contribution in [0, 0.1) is 11.3 Å². The van der Waals surface area contributed by atoms with Gasteiger partial charge < -0.3 is 5.11 Å². The molecule has 0 saturated heterocycles. The number of hydrogen-bond acceptors (Lipinski definition) is 4. The van der Waals surface area contributed by atoms with Crippen LogP contribution in [0.15, 0.2) is 29.7 Å². The van der Waals surface area contributed by atoms with Gasteiger partial charge in [-0.05, 0) is 43.4 Å². The number of nitriles is 1. The van der Waals surface area contributed by atoms with Gasteiger partial charge in [0.15, 0.2) is 5.69 Å². The molecule has 2 heterocycles. The Morgan fingerprint density at radius 2 is 2.32 bits per heavy atom. The standard InChI is InChI=1S/C16H15N3O2S/c1-10(2)19-14-5-4-11(8-12(14)13(9-17)18-19)16(15(20)21)6-3-7-22-16/h3-5,7-8,10H,6H2,1-2H3,(H,20,21). The molecule has 0 amide bonds. The van der Waals surface area contributed by atoms with Crippen molar-refractivity contribution in [1.82, 2.24) is 9.78 Å². The van der Waals surface area contributed by atoms with Gasteiger partial charge in [0.2, 0.25) is 0 Å². The van der Waals surface area contributed by atoms with Crippen LogP contribution in [0.4, 0.5) is 0 Å². The first-order valence-corrected chi connectivity index (χ1v) is 7.86. The Labute approximate surface area is 132 Å². The Morgan fingerprint density at radius 1 is 1.55 bits per heavy atom. The smallest absolute Gasteiger partial charge is 0.325 e. The van der Waals surface area contributed by atoms with Crippen LogP contribution in [-0.2, 0) is 9.54 Å². The molecule has 112 valence electrons. The molecular formula is C16H15N3O2S. The third kappa shape index (κ3) is 2.01. The lowest BCUT2D eigenvalue weighted by Gasteiger charge is -2.23. The maximum atomic E-state index is 11.8. The molecule has 1 aliphatic rings. The minimum absolute atomic E-state index is 0.131. The lowest BCUT2D eigenvalue weighted by molar-refractivity contribution is -0.140. The van der Waals surface area contributed by atoms with Crippen LogP contribution in [0.5, 0.6) is 0 Å². The van der Waals surface area contributed by atoms with Gasteiger partial charge in [0.25, 0.3) is 0 Å². The first kappa shape index (κ1) is 14.7. The molecule has 1 atom stereocenters. The Bertz CT molecular complexity index is 822. The van der Waals surface area contributed by atoms with E-state index in [4.69, 9.17) is 0 Å². The van der Waals surface area contributed by atoms with Crippen molar-refractivity contribution in [1.29, 1.82) is 5.26 Å². The van der Waals surface area contributed by atoms with Gasteiger partial charge >= 0.3 is 5.97 Å². The van der Waals surface area contributed by atoms with E-state index in [1.807, 2.05) is 37.5 Å². The molecule has 22 heavy (non-hydrogen) atoms. The fraction of sp³-hybridized carbons (Fsp3) is 0.312. The molecule has 0 aliphatic carbocycles. The normalized spacial score (nSPS) is 20.6. The van der Waals surface area contributed by atoms with Crippen LogP contribution in [0.25, 0.3) is 10.9 Å². The highest BCUT2D eigenvalue weighted by Gasteiger charge is 2.42. The van der Waals surface area contributed by atoms with Gasteiger partial charge in [0, 0.05) is 11.4 Å². The van der Waals surface area contributed by atoms with Crippen LogP contribution in [0.1, 0.15) is 37.6 Å². The average Bonchev–Trinajstić information content (AvgIpc) is 3.12.